The molecule has 0 amide bonds. The van der Waals surface area contributed by atoms with Crippen LogP contribution in [0.3, 0.4) is 0 Å². The van der Waals surface area contributed by atoms with Gasteiger partial charge < -0.3 is 4.74 Å². The first-order valence-electron chi connectivity index (χ1n) is 4.15. The van der Waals surface area contributed by atoms with Crippen molar-refractivity contribution in [1.29, 1.82) is 0 Å². The van der Waals surface area contributed by atoms with Crippen molar-refractivity contribution in [1.82, 2.24) is 0 Å². The van der Waals surface area contributed by atoms with Crippen LogP contribution in [0, 0.1) is 6.92 Å². The average Bonchev–Trinajstić information content (AvgIpc) is 2.04. The third-order valence-corrected chi connectivity index (χ3v) is 1.97. The summed E-state index contributed by atoms with van der Waals surface area (Å²) in [7, 11) is 1.67. The molecule has 0 bridgehead atoms. The van der Waals surface area contributed by atoms with Crippen LogP contribution in [0.1, 0.15) is 30.9 Å². The van der Waals surface area contributed by atoms with E-state index in [1.165, 1.54) is 5.56 Å². The molecule has 0 N–H and O–H groups in total. The molecule has 0 saturated heterocycles. The topological polar surface area (TPSA) is 9.23 Å². The quantitative estimate of drug-likeness (QED) is 0.651. The maximum Gasteiger partial charge on any atom is 0.122 e. The van der Waals surface area contributed by atoms with Crippen LogP contribution < -0.4 is 4.74 Å². The molecule has 0 fully saturated rings. The smallest absolute Gasteiger partial charge is 0.122 e. The van der Waals surface area contributed by atoms with E-state index in [1.54, 1.807) is 7.11 Å². The highest BCUT2D eigenvalue weighted by Gasteiger charge is 2.02. The van der Waals surface area contributed by atoms with Crippen molar-refractivity contribution in [3.05, 3.63) is 36.2 Å². The zero-order valence-electron chi connectivity index (χ0n) is 7.92. The van der Waals surface area contributed by atoms with Gasteiger partial charge in [0.2, 0.25) is 0 Å². The van der Waals surface area contributed by atoms with E-state index in [1.807, 2.05) is 6.07 Å². The molecule has 1 radical (unpaired) electrons. The molecule has 1 heteroatoms. The van der Waals surface area contributed by atoms with Crippen LogP contribution in [-0.4, -0.2) is 7.11 Å². The van der Waals surface area contributed by atoms with Crippen LogP contribution in [0.25, 0.3) is 0 Å². The van der Waals surface area contributed by atoms with Crippen LogP contribution in [0.2, 0.25) is 0 Å². The summed E-state index contributed by atoms with van der Waals surface area (Å²) in [5.41, 5.74) is 2.27. The van der Waals surface area contributed by atoms with Gasteiger partial charge in [-0.2, -0.15) is 0 Å². The van der Waals surface area contributed by atoms with E-state index in [4.69, 9.17) is 4.74 Å². The Labute approximate surface area is 74.4 Å². The molecule has 0 aromatic heterocycles. The van der Waals surface area contributed by atoms with E-state index in [0.717, 1.165) is 11.3 Å². The number of methoxy groups -OCH3 is 1. The van der Waals surface area contributed by atoms with E-state index >= 15 is 0 Å². The van der Waals surface area contributed by atoms with Gasteiger partial charge in [-0.3, -0.25) is 0 Å². The Morgan fingerprint density at radius 3 is 2.42 bits per heavy atom. The molecule has 1 aromatic carbocycles. The van der Waals surface area contributed by atoms with Crippen molar-refractivity contribution in [3.63, 3.8) is 0 Å². The lowest BCUT2D eigenvalue weighted by molar-refractivity contribution is 0.413. The summed E-state index contributed by atoms with van der Waals surface area (Å²) in [4.78, 5) is 0. The fraction of sp³-hybridized carbons (Fsp3) is 0.364. The molecular weight excluding hydrogens is 148 g/mol. The highest BCUT2D eigenvalue weighted by molar-refractivity contribution is 5.39. The monoisotopic (exact) mass is 163 g/mol. The predicted octanol–water partition coefficient (Wildman–Crippen LogP) is 3.00. The third kappa shape index (κ3) is 1.79. The molecule has 0 saturated carbocycles. The van der Waals surface area contributed by atoms with Gasteiger partial charge in [-0.15, -0.1) is 0 Å². The lowest BCUT2D eigenvalue weighted by Gasteiger charge is -2.09. The molecule has 0 unspecified atom stereocenters. The molecule has 1 rings (SSSR count). The van der Waals surface area contributed by atoms with Crippen LogP contribution in [0.15, 0.2) is 18.2 Å². The van der Waals surface area contributed by atoms with Gasteiger partial charge in [0.25, 0.3) is 0 Å². The molecule has 0 spiro atoms. The summed E-state index contributed by atoms with van der Waals surface area (Å²) in [6.07, 6.45) is 0. The standard InChI is InChI=1S/C11H15O/c1-8(2)10-5-6-11(12-4)9(3)7-10/h5-8H,3H2,1-2,4H3. The molecule has 12 heavy (non-hydrogen) atoms. The van der Waals surface area contributed by atoms with Gasteiger partial charge in [-0.25, -0.2) is 0 Å². The summed E-state index contributed by atoms with van der Waals surface area (Å²) in [5.74, 6) is 1.41. The Kier molecular flexibility index (Phi) is 2.74. The molecule has 0 atom stereocenters. The molecule has 1 nitrogen and oxygen atoms in total. The summed E-state index contributed by atoms with van der Waals surface area (Å²) < 4.78 is 5.12. The fourth-order valence-electron chi connectivity index (χ4n) is 1.16. The summed E-state index contributed by atoms with van der Waals surface area (Å²) in [6.45, 7) is 8.25. The van der Waals surface area contributed by atoms with E-state index in [2.05, 4.69) is 32.9 Å². The second-order valence-corrected chi connectivity index (χ2v) is 3.23. The van der Waals surface area contributed by atoms with Crippen molar-refractivity contribution in [2.45, 2.75) is 19.8 Å². The van der Waals surface area contributed by atoms with Gasteiger partial charge in [0, 0.05) is 0 Å². The van der Waals surface area contributed by atoms with Gasteiger partial charge in [-0.05, 0) is 30.0 Å². The first-order chi connectivity index (χ1) is 5.65. The minimum Gasteiger partial charge on any atom is -0.496 e. The summed E-state index contributed by atoms with van der Waals surface area (Å²) in [6, 6.07) is 6.12. The Morgan fingerprint density at radius 2 is 2.00 bits per heavy atom. The minimum absolute atomic E-state index is 0.552. The van der Waals surface area contributed by atoms with E-state index in [9.17, 15) is 0 Å². The van der Waals surface area contributed by atoms with Crippen LogP contribution in [0.4, 0.5) is 0 Å². The third-order valence-electron chi connectivity index (χ3n) is 1.97. The molecule has 0 aliphatic heterocycles. The molecule has 1 aromatic rings. The summed E-state index contributed by atoms with van der Waals surface area (Å²) in [5, 5.41) is 0. The molecule has 0 heterocycles. The lowest BCUT2D eigenvalue weighted by Crippen LogP contribution is -1.91. The largest absolute Gasteiger partial charge is 0.496 e. The second kappa shape index (κ2) is 3.61. The van der Waals surface area contributed by atoms with Crippen molar-refractivity contribution < 1.29 is 4.74 Å². The fourth-order valence-corrected chi connectivity index (χ4v) is 1.16. The number of hydrogen-bond acceptors (Lipinski definition) is 1. The maximum absolute atomic E-state index is 5.12. The average molecular weight is 163 g/mol. The number of hydrogen-bond donors (Lipinski definition) is 0. The molecular formula is C11H15O. The van der Waals surface area contributed by atoms with Crippen LogP contribution in [0.5, 0.6) is 5.75 Å². The highest BCUT2D eigenvalue weighted by atomic mass is 16.5. The van der Waals surface area contributed by atoms with E-state index in [0.29, 0.717) is 5.92 Å². The number of ether oxygens (including phenoxy) is 1. The Balaban J connectivity index is 3.02. The van der Waals surface area contributed by atoms with E-state index < -0.39 is 0 Å². The summed E-state index contributed by atoms with van der Waals surface area (Å²) >= 11 is 0. The Morgan fingerprint density at radius 1 is 1.33 bits per heavy atom. The minimum atomic E-state index is 0.552. The highest BCUT2D eigenvalue weighted by Crippen LogP contribution is 2.22. The Bertz CT molecular complexity index is 264. The van der Waals surface area contributed by atoms with Crippen molar-refractivity contribution in [3.8, 4) is 5.75 Å². The van der Waals surface area contributed by atoms with Gasteiger partial charge in [0.05, 0.1) is 7.11 Å². The molecule has 65 valence electrons. The first kappa shape index (κ1) is 9.11. The van der Waals surface area contributed by atoms with Gasteiger partial charge in [-0.1, -0.05) is 26.0 Å². The predicted molar refractivity (Wildman–Crippen MR) is 51.5 cm³/mol. The molecule has 0 aliphatic rings. The maximum atomic E-state index is 5.12. The van der Waals surface area contributed by atoms with Gasteiger partial charge in [0.1, 0.15) is 5.75 Å². The van der Waals surface area contributed by atoms with Crippen molar-refractivity contribution in [2.75, 3.05) is 7.11 Å². The van der Waals surface area contributed by atoms with Crippen LogP contribution in [-0.2, 0) is 0 Å². The Hall–Kier alpha value is -0.980. The van der Waals surface area contributed by atoms with Crippen molar-refractivity contribution >= 4 is 0 Å². The van der Waals surface area contributed by atoms with Crippen LogP contribution >= 0.6 is 0 Å². The second-order valence-electron chi connectivity index (χ2n) is 3.23. The SMILES string of the molecule is [CH2]c1cc(C(C)C)ccc1OC. The van der Waals surface area contributed by atoms with Crippen molar-refractivity contribution in [2.24, 2.45) is 0 Å². The number of benzene rings is 1. The van der Waals surface area contributed by atoms with Gasteiger partial charge in [0.15, 0.2) is 0 Å². The zero-order chi connectivity index (χ0) is 9.14. The first-order valence-corrected chi connectivity index (χ1v) is 4.15. The van der Waals surface area contributed by atoms with E-state index in [-0.39, 0.29) is 0 Å². The molecule has 0 aliphatic carbocycles. The number of rotatable bonds is 2. The zero-order valence-corrected chi connectivity index (χ0v) is 7.92. The van der Waals surface area contributed by atoms with Gasteiger partial charge >= 0.3 is 0 Å². The lowest BCUT2D eigenvalue weighted by atomic mass is 10.0. The normalized spacial score (nSPS) is 10.4.